The summed E-state index contributed by atoms with van der Waals surface area (Å²) >= 11 is 0. The van der Waals surface area contributed by atoms with Gasteiger partial charge >= 0.3 is 11.4 Å². The summed E-state index contributed by atoms with van der Waals surface area (Å²) in [6, 6.07) is 9.07. The van der Waals surface area contributed by atoms with Gasteiger partial charge in [0.05, 0.1) is 6.20 Å². The predicted molar refractivity (Wildman–Crippen MR) is 97.7 cm³/mol. The molecule has 10 N–H and O–H groups in total. The minimum absolute atomic E-state index is 0. The van der Waals surface area contributed by atoms with Crippen molar-refractivity contribution in [2.45, 2.75) is 6.42 Å². The Morgan fingerprint density at radius 2 is 1.68 bits per heavy atom. The Morgan fingerprint density at radius 1 is 1.07 bits per heavy atom. The van der Waals surface area contributed by atoms with Crippen molar-refractivity contribution >= 4 is 17.6 Å². The van der Waals surface area contributed by atoms with E-state index in [-0.39, 0.29) is 23.3 Å². The van der Waals surface area contributed by atoms with E-state index in [0.29, 0.717) is 17.2 Å². The third-order valence-electron chi connectivity index (χ3n) is 2.72. The second-order valence-corrected chi connectivity index (χ2v) is 4.93. The second kappa shape index (κ2) is 12.2. The van der Waals surface area contributed by atoms with Crippen LogP contribution in [0.1, 0.15) is 5.56 Å². The SMILES string of the molecule is Nc1cc[nH+]c(=O)[nH]1.Nc1ccnc(=O)[nH]1.O.O=C([O-])Cc1ccc(O)cc1. The Kier molecular flexibility index (Phi) is 10.4. The van der Waals surface area contributed by atoms with Crippen molar-refractivity contribution in [3.05, 3.63) is 75.3 Å². The molecule has 3 rings (SSSR count). The fraction of sp³-hybridized carbons (Fsp3) is 0.0625. The zero-order valence-electron chi connectivity index (χ0n) is 14.5. The van der Waals surface area contributed by atoms with Gasteiger partial charge in [-0.1, -0.05) is 12.1 Å². The molecule has 12 nitrogen and oxygen atoms in total. The maximum Gasteiger partial charge on any atom is 0.495 e. The molecule has 0 unspecified atom stereocenters. The zero-order chi connectivity index (χ0) is 20.2. The molecule has 0 aliphatic heterocycles. The van der Waals surface area contributed by atoms with E-state index in [0.717, 1.165) is 0 Å². The van der Waals surface area contributed by atoms with Gasteiger partial charge in [0.25, 0.3) is 0 Å². The number of carbonyl (C=O) groups is 1. The van der Waals surface area contributed by atoms with Gasteiger partial charge in [0.2, 0.25) is 0 Å². The highest BCUT2D eigenvalue weighted by molar-refractivity contribution is 5.67. The highest BCUT2D eigenvalue weighted by Gasteiger charge is 1.92. The van der Waals surface area contributed by atoms with Crippen molar-refractivity contribution in [1.29, 1.82) is 0 Å². The van der Waals surface area contributed by atoms with Crippen LogP contribution >= 0.6 is 0 Å². The van der Waals surface area contributed by atoms with Crippen molar-refractivity contribution in [3.63, 3.8) is 0 Å². The van der Waals surface area contributed by atoms with Crippen molar-refractivity contribution in [1.82, 2.24) is 15.0 Å². The highest BCUT2D eigenvalue weighted by Crippen LogP contribution is 2.09. The molecule has 150 valence electrons. The summed E-state index contributed by atoms with van der Waals surface area (Å²) in [4.78, 5) is 41.0. The van der Waals surface area contributed by atoms with Crippen LogP contribution in [0.3, 0.4) is 0 Å². The third-order valence-corrected chi connectivity index (χ3v) is 2.72. The molecule has 0 amide bonds. The summed E-state index contributed by atoms with van der Waals surface area (Å²) in [6.45, 7) is 0. The minimum atomic E-state index is -1.12. The maximum absolute atomic E-state index is 10.3. The zero-order valence-corrected chi connectivity index (χ0v) is 14.5. The number of nitrogens with two attached hydrogens (primary N) is 2. The van der Waals surface area contributed by atoms with Gasteiger partial charge in [-0.3, -0.25) is 4.98 Å². The minimum Gasteiger partial charge on any atom is -0.550 e. The Morgan fingerprint density at radius 3 is 2.07 bits per heavy atom. The number of phenols is 1. The number of hydrogen-bond acceptors (Lipinski definition) is 8. The van der Waals surface area contributed by atoms with Crippen LogP contribution in [0.15, 0.2) is 58.4 Å². The van der Waals surface area contributed by atoms with E-state index in [4.69, 9.17) is 16.6 Å². The molecule has 0 spiro atoms. The molecule has 3 aromatic rings. The molecule has 2 aromatic heterocycles. The molecule has 28 heavy (non-hydrogen) atoms. The number of aliphatic carboxylic acids is 1. The first-order valence-corrected chi connectivity index (χ1v) is 7.41. The molecule has 1 aromatic carbocycles. The Bertz CT molecular complexity index is 918. The Hall–Kier alpha value is -4.19. The van der Waals surface area contributed by atoms with E-state index in [1.165, 1.54) is 30.6 Å². The molecular weight excluding hydrogens is 372 g/mol. The number of aromatic amines is 3. The van der Waals surface area contributed by atoms with Crippen LogP contribution in [0.2, 0.25) is 0 Å². The lowest BCUT2D eigenvalue weighted by Crippen LogP contribution is -2.28. The van der Waals surface area contributed by atoms with E-state index < -0.39 is 11.7 Å². The number of H-pyrrole nitrogens is 3. The number of nitrogens with one attached hydrogen (secondary N) is 3. The Labute approximate surface area is 157 Å². The van der Waals surface area contributed by atoms with Crippen LogP contribution in [0.5, 0.6) is 5.75 Å². The lowest BCUT2D eigenvalue weighted by atomic mass is 10.1. The molecule has 0 saturated carbocycles. The van der Waals surface area contributed by atoms with E-state index in [1.54, 1.807) is 18.2 Å². The summed E-state index contributed by atoms with van der Waals surface area (Å²) in [5, 5.41) is 18.9. The van der Waals surface area contributed by atoms with Crippen LogP contribution in [0.4, 0.5) is 11.6 Å². The maximum atomic E-state index is 10.3. The van der Waals surface area contributed by atoms with Crippen LogP contribution < -0.4 is 32.9 Å². The predicted octanol–water partition coefficient (Wildman–Crippen LogP) is -3.02. The van der Waals surface area contributed by atoms with Gasteiger partial charge in [-0.15, -0.1) is 0 Å². The largest absolute Gasteiger partial charge is 0.550 e. The standard InChI is InChI=1S/C8H8O3.2C4H5N3O.H2O/c9-7-3-1-6(2-4-7)5-8(10)11;2*5-3-1-2-6-4(8)7-3;/h1-4,9H,5H2,(H,10,11);2*1-2H,(H3,5,6,7,8);1H2. The fourth-order valence-electron chi connectivity index (χ4n) is 1.58. The van der Waals surface area contributed by atoms with E-state index in [2.05, 4.69) is 19.9 Å². The molecule has 0 bridgehead atoms. The number of carboxylic acids is 1. The number of phenolic OH excluding ortho intramolecular Hbond substituents is 1. The van der Waals surface area contributed by atoms with Crippen LogP contribution in [-0.2, 0) is 11.2 Å². The van der Waals surface area contributed by atoms with Gasteiger partial charge in [-0.2, -0.15) is 9.78 Å². The fourth-order valence-corrected chi connectivity index (χ4v) is 1.58. The average molecular weight is 392 g/mol. The van der Waals surface area contributed by atoms with E-state index in [1.807, 2.05) is 0 Å². The number of nitrogens with zero attached hydrogens (tertiary/aromatic N) is 1. The first-order valence-electron chi connectivity index (χ1n) is 7.41. The molecule has 0 aliphatic rings. The second-order valence-electron chi connectivity index (χ2n) is 4.93. The molecule has 0 fully saturated rings. The first-order chi connectivity index (χ1) is 12.8. The van der Waals surface area contributed by atoms with Crippen molar-refractivity contribution < 1.29 is 25.5 Å². The molecule has 0 atom stereocenters. The molecule has 0 saturated heterocycles. The lowest BCUT2D eigenvalue weighted by Gasteiger charge is -2.01. The molecule has 0 radical (unpaired) electrons. The van der Waals surface area contributed by atoms with Crippen LogP contribution in [-0.4, -0.2) is 31.5 Å². The number of benzene rings is 1. The Balaban J connectivity index is 0.000000391. The van der Waals surface area contributed by atoms with Crippen molar-refractivity contribution in [2.75, 3.05) is 11.5 Å². The smallest absolute Gasteiger partial charge is 0.495 e. The number of aromatic nitrogens is 4. The van der Waals surface area contributed by atoms with Crippen LogP contribution in [0, 0.1) is 0 Å². The number of anilines is 2. The van der Waals surface area contributed by atoms with Crippen molar-refractivity contribution in [2.24, 2.45) is 0 Å². The van der Waals surface area contributed by atoms with Crippen molar-refractivity contribution in [3.8, 4) is 5.75 Å². The average Bonchev–Trinajstić information content (AvgIpc) is 2.57. The summed E-state index contributed by atoms with van der Waals surface area (Å²) in [5.41, 5.74) is 10.3. The first kappa shape index (κ1) is 23.8. The highest BCUT2D eigenvalue weighted by atomic mass is 16.4. The summed E-state index contributed by atoms with van der Waals surface area (Å²) in [7, 11) is 0. The summed E-state index contributed by atoms with van der Waals surface area (Å²) in [6.07, 6.45) is 2.72. The monoisotopic (exact) mass is 392 g/mol. The number of aromatic hydroxyl groups is 1. The number of carboxylic acid groups (broad SMARTS) is 1. The molecule has 0 aliphatic carbocycles. The summed E-state index contributed by atoms with van der Waals surface area (Å²) in [5.74, 6) is -0.276. The number of hydrogen-bond donors (Lipinski definition) is 5. The number of rotatable bonds is 2. The van der Waals surface area contributed by atoms with Gasteiger partial charge in [0, 0.05) is 24.7 Å². The topological polar surface area (TPSA) is 237 Å². The third kappa shape index (κ3) is 10.6. The van der Waals surface area contributed by atoms with Gasteiger partial charge < -0.3 is 32.0 Å². The molecular formula is C16H20N6O6. The number of carbonyl (C=O) groups excluding carboxylic acids is 1. The lowest BCUT2D eigenvalue weighted by molar-refractivity contribution is -0.402. The quantitative estimate of drug-likeness (QED) is 0.300. The van der Waals surface area contributed by atoms with Gasteiger partial charge in [-0.05, 0) is 23.8 Å². The molecule has 12 heteroatoms. The summed E-state index contributed by atoms with van der Waals surface area (Å²) < 4.78 is 0. The van der Waals surface area contributed by atoms with Gasteiger partial charge in [0.1, 0.15) is 11.6 Å². The molecule has 2 heterocycles. The van der Waals surface area contributed by atoms with Gasteiger partial charge in [-0.25, -0.2) is 14.8 Å². The van der Waals surface area contributed by atoms with E-state index in [9.17, 15) is 19.5 Å². The van der Waals surface area contributed by atoms with Crippen LogP contribution in [0.25, 0.3) is 0 Å². The van der Waals surface area contributed by atoms with E-state index >= 15 is 0 Å². The normalized spacial score (nSPS) is 8.86. The number of nitrogen functional groups attached to an aromatic ring is 2. The van der Waals surface area contributed by atoms with Gasteiger partial charge in [0.15, 0.2) is 5.82 Å².